The zero-order valence-electron chi connectivity index (χ0n) is 12.4. The summed E-state index contributed by atoms with van der Waals surface area (Å²) in [5, 5.41) is 0. The molecule has 0 atom stereocenters. The van der Waals surface area contributed by atoms with Gasteiger partial charge in [-0.2, -0.15) is 0 Å². The Hall–Kier alpha value is -2.49. The Morgan fingerprint density at radius 3 is 2.43 bits per heavy atom. The predicted octanol–water partition coefficient (Wildman–Crippen LogP) is 3.63. The number of hydrogen-bond donors (Lipinski definition) is 0. The molecule has 0 amide bonds. The molecule has 0 fully saturated rings. The van der Waals surface area contributed by atoms with Crippen LogP contribution in [0, 0.1) is 13.8 Å². The van der Waals surface area contributed by atoms with Gasteiger partial charge in [-0.1, -0.05) is 6.92 Å². The van der Waals surface area contributed by atoms with Crippen LogP contribution in [0.2, 0.25) is 0 Å². The highest BCUT2D eigenvalue weighted by atomic mass is 16.1. The number of ketones is 1. The van der Waals surface area contributed by atoms with Gasteiger partial charge in [0.2, 0.25) is 0 Å². The largest absolute Gasteiger partial charge is 0.294 e. The summed E-state index contributed by atoms with van der Waals surface area (Å²) in [6.07, 6.45) is 0.521. The van der Waals surface area contributed by atoms with E-state index >= 15 is 0 Å². The van der Waals surface area contributed by atoms with Crippen LogP contribution in [0.1, 0.15) is 35.2 Å². The number of carbonyl (C=O) groups is 1. The molecular weight excluding hydrogens is 262 g/mol. The van der Waals surface area contributed by atoms with Crippen molar-refractivity contribution >= 4 is 16.9 Å². The molecule has 21 heavy (non-hydrogen) atoms. The first-order valence-electron chi connectivity index (χ1n) is 7.06. The van der Waals surface area contributed by atoms with E-state index < -0.39 is 0 Å². The minimum atomic E-state index is 0.155. The van der Waals surface area contributed by atoms with Crippen LogP contribution in [0.15, 0.2) is 36.4 Å². The second-order valence-electron chi connectivity index (χ2n) is 5.11. The Morgan fingerprint density at radius 2 is 1.76 bits per heavy atom. The number of imidazole rings is 1. The molecule has 0 aliphatic rings. The van der Waals surface area contributed by atoms with Crippen LogP contribution in [0.3, 0.4) is 0 Å². The first kappa shape index (κ1) is 13.5. The SMILES string of the molecule is CCC(=O)c1ccc(-n2c(C)nc3ccc(C)nc32)cc1. The molecule has 1 aromatic carbocycles. The summed E-state index contributed by atoms with van der Waals surface area (Å²) in [5.41, 5.74) is 4.41. The minimum Gasteiger partial charge on any atom is -0.294 e. The van der Waals surface area contributed by atoms with E-state index in [2.05, 4.69) is 9.97 Å². The van der Waals surface area contributed by atoms with Crippen molar-refractivity contribution in [3.63, 3.8) is 0 Å². The monoisotopic (exact) mass is 279 g/mol. The van der Waals surface area contributed by atoms with E-state index in [-0.39, 0.29) is 5.78 Å². The summed E-state index contributed by atoms with van der Waals surface area (Å²) in [4.78, 5) is 20.8. The molecule has 0 saturated carbocycles. The van der Waals surface area contributed by atoms with Crippen molar-refractivity contribution in [1.29, 1.82) is 0 Å². The molecule has 0 saturated heterocycles. The molecule has 3 rings (SSSR count). The summed E-state index contributed by atoms with van der Waals surface area (Å²) in [5.74, 6) is 1.04. The lowest BCUT2D eigenvalue weighted by molar-refractivity contribution is 0.0988. The fourth-order valence-corrected chi connectivity index (χ4v) is 2.47. The van der Waals surface area contributed by atoms with E-state index in [1.54, 1.807) is 0 Å². The van der Waals surface area contributed by atoms with Gasteiger partial charge in [0.25, 0.3) is 0 Å². The van der Waals surface area contributed by atoms with Gasteiger partial charge in [-0.05, 0) is 50.2 Å². The maximum atomic E-state index is 11.7. The number of rotatable bonds is 3. The van der Waals surface area contributed by atoms with E-state index in [9.17, 15) is 4.79 Å². The fourth-order valence-electron chi connectivity index (χ4n) is 2.47. The van der Waals surface area contributed by atoms with Crippen molar-refractivity contribution < 1.29 is 4.79 Å². The summed E-state index contributed by atoms with van der Waals surface area (Å²) in [7, 11) is 0. The van der Waals surface area contributed by atoms with Gasteiger partial charge in [-0.25, -0.2) is 9.97 Å². The molecule has 106 valence electrons. The van der Waals surface area contributed by atoms with Gasteiger partial charge >= 0.3 is 0 Å². The zero-order chi connectivity index (χ0) is 15.0. The number of aryl methyl sites for hydroxylation is 2. The number of Topliss-reactive ketones (excluding diaryl/α,β-unsaturated/α-hetero) is 1. The molecule has 0 N–H and O–H groups in total. The van der Waals surface area contributed by atoms with Gasteiger partial charge < -0.3 is 0 Å². The van der Waals surface area contributed by atoms with E-state index in [4.69, 9.17) is 0 Å². The second kappa shape index (κ2) is 5.13. The highest BCUT2D eigenvalue weighted by molar-refractivity contribution is 5.96. The quantitative estimate of drug-likeness (QED) is 0.688. The van der Waals surface area contributed by atoms with E-state index in [0.29, 0.717) is 6.42 Å². The highest BCUT2D eigenvalue weighted by Crippen LogP contribution is 2.20. The van der Waals surface area contributed by atoms with Gasteiger partial charge in [0.05, 0.1) is 0 Å². The highest BCUT2D eigenvalue weighted by Gasteiger charge is 2.11. The number of hydrogen-bond acceptors (Lipinski definition) is 3. The lowest BCUT2D eigenvalue weighted by atomic mass is 10.1. The third-order valence-corrected chi connectivity index (χ3v) is 3.58. The molecule has 0 aliphatic heterocycles. The number of pyridine rings is 1. The molecular formula is C17H17N3O. The molecule has 0 unspecified atom stereocenters. The number of fused-ring (bicyclic) bond motifs is 1. The van der Waals surface area contributed by atoms with Crippen LogP contribution >= 0.6 is 0 Å². The van der Waals surface area contributed by atoms with E-state index in [0.717, 1.165) is 33.9 Å². The molecule has 0 aliphatic carbocycles. The third kappa shape index (κ3) is 2.33. The Morgan fingerprint density at radius 1 is 1.05 bits per heavy atom. The van der Waals surface area contributed by atoms with Gasteiger partial charge in [-0.15, -0.1) is 0 Å². The Bertz CT molecular complexity index is 816. The number of aromatic nitrogens is 3. The van der Waals surface area contributed by atoms with Gasteiger partial charge in [-0.3, -0.25) is 9.36 Å². The van der Waals surface area contributed by atoms with Crippen molar-refractivity contribution in [3.05, 3.63) is 53.5 Å². The zero-order valence-corrected chi connectivity index (χ0v) is 12.4. The van der Waals surface area contributed by atoms with Gasteiger partial charge in [0.1, 0.15) is 11.3 Å². The maximum Gasteiger partial charge on any atom is 0.164 e. The summed E-state index contributed by atoms with van der Waals surface area (Å²) in [6.45, 7) is 5.80. The average Bonchev–Trinajstić information content (AvgIpc) is 2.82. The lowest BCUT2D eigenvalue weighted by Gasteiger charge is -2.07. The molecule has 0 spiro atoms. The van der Waals surface area contributed by atoms with Crippen molar-refractivity contribution in [3.8, 4) is 5.69 Å². The molecule has 4 heteroatoms. The summed E-state index contributed by atoms with van der Waals surface area (Å²) >= 11 is 0. The average molecular weight is 279 g/mol. The van der Waals surface area contributed by atoms with Crippen LogP contribution in [-0.2, 0) is 0 Å². The lowest BCUT2D eigenvalue weighted by Crippen LogP contribution is -2.01. The van der Waals surface area contributed by atoms with Crippen LogP contribution in [0.4, 0.5) is 0 Å². The number of benzene rings is 1. The van der Waals surface area contributed by atoms with Gasteiger partial charge in [0, 0.05) is 23.4 Å². The first-order chi connectivity index (χ1) is 10.1. The van der Waals surface area contributed by atoms with Crippen LogP contribution in [-0.4, -0.2) is 20.3 Å². The Labute approximate surface area is 123 Å². The molecule has 0 radical (unpaired) electrons. The summed E-state index contributed by atoms with van der Waals surface area (Å²) in [6, 6.07) is 11.6. The molecule has 4 nitrogen and oxygen atoms in total. The molecule has 3 aromatic rings. The standard InChI is InChI=1S/C17H17N3O/c1-4-16(21)13-6-8-14(9-7-13)20-12(3)19-15-10-5-11(2)18-17(15)20/h5-10H,4H2,1-3H3. The van der Waals surface area contributed by atoms with E-state index in [1.807, 2.05) is 61.7 Å². The van der Waals surface area contributed by atoms with Crippen LogP contribution in [0.25, 0.3) is 16.9 Å². The minimum absolute atomic E-state index is 0.155. The summed E-state index contributed by atoms with van der Waals surface area (Å²) < 4.78 is 2.02. The maximum absolute atomic E-state index is 11.7. The smallest absolute Gasteiger partial charge is 0.164 e. The Kier molecular flexibility index (Phi) is 3.29. The molecule has 0 bridgehead atoms. The first-order valence-corrected chi connectivity index (χ1v) is 7.06. The van der Waals surface area contributed by atoms with Crippen molar-refractivity contribution in [2.75, 3.05) is 0 Å². The topological polar surface area (TPSA) is 47.8 Å². The molecule has 2 heterocycles. The number of carbonyl (C=O) groups excluding carboxylic acids is 1. The fraction of sp³-hybridized carbons (Fsp3) is 0.235. The van der Waals surface area contributed by atoms with Crippen LogP contribution < -0.4 is 0 Å². The van der Waals surface area contributed by atoms with Crippen molar-refractivity contribution in [2.45, 2.75) is 27.2 Å². The third-order valence-electron chi connectivity index (χ3n) is 3.58. The molecule has 2 aromatic heterocycles. The Balaban J connectivity index is 2.14. The normalized spacial score (nSPS) is 11.0. The van der Waals surface area contributed by atoms with E-state index in [1.165, 1.54) is 0 Å². The van der Waals surface area contributed by atoms with Crippen LogP contribution in [0.5, 0.6) is 0 Å². The van der Waals surface area contributed by atoms with Gasteiger partial charge in [0.15, 0.2) is 11.4 Å². The second-order valence-corrected chi connectivity index (χ2v) is 5.11. The number of nitrogens with zero attached hydrogens (tertiary/aromatic N) is 3. The van der Waals surface area contributed by atoms with Crippen molar-refractivity contribution in [2.24, 2.45) is 0 Å². The predicted molar refractivity (Wildman–Crippen MR) is 83.0 cm³/mol. The van der Waals surface area contributed by atoms with Crippen molar-refractivity contribution in [1.82, 2.24) is 14.5 Å².